The van der Waals surface area contributed by atoms with Crippen LogP contribution < -0.4 is 5.32 Å². The molecule has 0 aliphatic carbocycles. The van der Waals surface area contributed by atoms with Crippen molar-refractivity contribution >= 4 is 27.3 Å². The molecular formula is C17H16N2OS. The first-order valence-electron chi connectivity index (χ1n) is 6.86. The number of carbonyl (C=O) groups excluding carboxylic acids is 1. The van der Waals surface area contributed by atoms with E-state index < -0.39 is 0 Å². The van der Waals surface area contributed by atoms with Crippen molar-refractivity contribution in [1.82, 2.24) is 10.3 Å². The molecule has 3 rings (SSSR count). The summed E-state index contributed by atoms with van der Waals surface area (Å²) in [6, 6.07) is 13.7. The van der Waals surface area contributed by atoms with Crippen LogP contribution >= 0.6 is 11.3 Å². The maximum absolute atomic E-state index is 12.5. The van der Waals surface area contributed by atoms with Crippen LogP contribution in [0.25, 0.3) is 10.1 Å². The maximum Gasteiger partial charge on any atom is 0.262 e. The van der Waals surface area contributed by atoms with Crippen LogP contribution in [0.4, 0.5) is 0 Å². The van der Waals surface area contributed by atoms with E-state index >= 15 is 0 Å². The fourth-order valence-corrected chi connectivity index (χ4v) is 3.47. The van der Waals surface area contributed by atoms with Crippen molar-refractivity contribution in [1.29, 1.82) is 0 Å². The average molecular weight is 296 g/mol. The molecule has 1 N–H and O–H groups in total. The van der Waals surface area contributed by atoms with Gasteiger partial charge in [-0.05, 0) is 43.0 Å². The molecule has 1 aromatic carbocycles. The molecule has 0 aliphatic rings. The summed E-state index contributed by atoms with van der Waals surface area (Å²) in [5.41, 5.74) is 1.91. The number of carbonyl (C=O) groups is 1. The SMILES string of the molecule is Cc1c(C(=O)N[C@@H](C)c2ccccn2)sc2ccccc12. The van der Waals surface area contributed by atoms with Gasteiger partial charge in [0.05, 0.1) is 16.6 Å². The van der Waals surface area contributed by atoms with Crippen LogP contribution in [0.15, 0.2) is 48.7 Å². The number of nitrogens with one attached hydrogen (secondary N) is 1. The summed E-state index contributed by atoms with van der Waals surface area (Å²) in [6.07, 6.45) is 1.74. The highest BCUT2D eigenvalue weighted by Gasteiger charge is 2.17. The quantitative estimate of drug-likeness (QED) is 0.790. The second kappa shape index (κ2) is 5.66. The summed E-state index contributed by atoms with van der Waals surface area (Å²) in [5, 5.41) is 4.17. The van der Waals surface area contributed by atoms with Crippen molar-refractivity contribution in [3.05, 3.63) is 64.8 Å². The third-order valence-electron chi connectivity index (χ3n) is 3.53. The van der Waals surface area contributed by atoms with Crippen molar-refractivity contribution in [3.8, 4) is 0 Å². The highest BCUT2D eigenvalue weighted by atomic mass is 32.1. The fourth-order valence-electron chi connectivity index (χ4n) is 2.36. The van der Waals surface area contributed by atoms with Crippen LogP contribution in [-0.2, 0) is 0 Å². The molecule has 4 heteroatoms. The van der Waals surface area contributed by atoms with Gasteiger partial charge < -0.3 is 5.32 Å². The van der Waals surface area contributed by atoms with Crippen molar-refractivity contribution in [2.75, 3.05) is 0 Å². The Kier molecular flexibility index (Phi) is 3.71. The van der Waals surface area contributed by atoms with E-state index in [0.29, 0.717) is 0 Å². The number of amides is 1. The summed E-state index contributed by atoms with van der Waals surface area (Å²) < 4.78 is 1.14. The first-order chi connectivity index (χ1) is 10.2. The number of hydrogen-bond acceptors (Lipinski definition) is 3. The third kappa shape index (κ3) is 2.67. The predicted molar refractivity (Wildman–Crippen MR) is 86.7 cm³/mol. The van der Waals surface area contributed by atoms with Gasteiger partial charge in [-0.25, -0.2) is 0 Å². The largest absolute Gasteiger partial charge is 0.343 e. The number of nitrogens with zero attached hydrogens (tertiary/aromatic N) is 1. The Hall–Kier alpha value is -2.20. The molecule has 0 spiro atoms. The smallest absolute Gasteiger partial charge is 0.262 e. The number of pyridine rings is 1. The number of hydrogen-bond donors (Lipinski definition) is 1. The molecule has 106 valence electrons. The van der Waals surface area contributed by atoms with Crippen LogP contribution in [0.2, 0.25) is 0 Å². The molecule has 2 heterocycles. The molecule has 2 aromatic heterocycles. The number of rotatable bonds is 3. The normalized spacial score (nSPS) is 12.3. The first-order valence-corrected chi connectivity index (χ1v) is 7.68. The molecule has 0 unspecified atom stereocenters. The van der Waals surface area contributed by atoms with E-state index in [4.69, 9.17) is 0 Å². The molecule has 1 atom stereocenters. The highest BCUT2D eigenvalue weighted by Crippen LogP contribution is 2.30. The van der Waals surface area contributed by atoms with E-state index in [0.717, 1.165) is 26.2 Å². The topological polar surface area (TPSA) is 42.0 Å². The molecule has 0 saturated carbocycles. The molecule has 0 radical (unpaired) electrons. The molecule has 1 amide bonds. The van der Waals surface area contributed by atoms with Gasteiger partial charge in [0.15, 0.2) is 0 Å². The minimum Gasteiger partial charge on any atom is -0.343 e. The molecule has 21 heavy (non-hydrogen) atoms. The Morgan fingerprint density at radius 3 is 2.67 bits per heavy atom. The van der Waals surface area contributed by atoms with Crippen molar-refractivity contribution in [2.24, 2.45) is 0 Å². The van der Waals surface area contributed by atoms with Crippen molar-refractivity contribution in [3.63, 3.8) is 0 Å². The summed E-state index contributed by atoms with van der Waals surface area (Å²) in [4.78, 5) is 17.5. The Morgan fingerprint density at radius 1 is 1.19 bits per heavy atom. The van der Waals surface area contributed by atoms with Crippen LogP contribution in [0.5, 0.6) is 0 Å². The lowest BCUT2D eigenvalue weighted by Gasteiger charge is -2.12. The van der Waals surface area contributed by atoms with E-state index in [2.05, 4.69) is 16.4 Å². The highest BCUT2D eigenvalue weighted by molar-refractivity contribution is 7.21. The molecule has 0 saturated heterocycles. The van der Waals surface area contributed by atoms with Crippen molar-refractivity contribution < 1.29 is 4.79 Å². The number of benzene rings is 1. The first kappa shape index (κ1) is 13.8. The van der Waals surface area contributed by atoms with Crippen molar-refractivity contribution in [2.45, 2.75) is 19.9 Å². The lowest BCUT2D eigenvalue weighted by atomic mass is 10.1. The Labute approximate surface area is 127 Å². The fraction of sp³-hybridized carbons (Fsp3) is 0.176. The van der Waals surface area contributed by atoms with E-state index in [-0.39, 0.29) is 11.9 Å². The number of fused-ring (bicyclic) bond motifs is 1. The van der Waals surface area contributed by atoms with E-state index in [1.807, 2.05) is 50.2 Å². The second-order valence-corrected chi connectivity index (χ2v) is 6.05. The number of aromatic nitrogens is 1. The Morgan fingerprint density at radius 2 is 1.95 bits per heavy atom. The summed E-state index contributed by atoms with van der Waals surface area (Å²) in [6.45, 7) is 3.95. The van der Waals surface area contributed by atoms with Gasteiger partial charge in [-0.3, -0.25) is 9.78 Å². The van der Waals surface area contributed by atoms with Gasteiger partial charge in [0.1, 0.15) is 0 Å². The summed E-state index contributed by atoms with van der Waals surface area (Å²) in [5.74, 6) is -0.0353. The third-order valence-corrected chi connectivity index (χ3v) is 4.80. The van der Waals surface area contributed by atoms with Crippen LogP contribution in [0, 0.1) is 6.92 Å². The van der Waals surface area contributed by atoms with E-state index in [1.165, 1.54) is 11.3 Å². The maximum atomic E-state index is 12.5. The molecule has 0 bridgehead atoms. The van der Waals surface area contributed by atoms with Gasteiger partial charge in [-0.2, -0.15) is 0 Å². The summed E-state index contributed by atoms with van der Waals surface area (Å²) in [7, 11) is 0. The lowest BCUT2D eigenvalue weighted by Crippen LogP contribution is -2.26. The van der Waals surface area contributed by atoms with E-state index in [9.17, 15) is 4.79 Å². The van der Waals surface area contributed by atoms with Crippen LogP contribution in [0.3, 0.4) is 0 Å². The van der Waals surface area contributed by atoms with E-state index in [1.54, 1.807) is 6.20 Å². The minimum absolute atomic E-state index is 0.0353. The van der Waals surface area contributed by atoms with Gasteiger partial charge in [0.2, 0.25) is 0 Å². The van der Waals surface area contributed by atoms with Crippen LogP contribution in [-0.4, -0.2) is 10.9 Å². The zero-order chi connectivity index (χ0) is 14.8. The lowest BCUT2D eigenvalue weighted by molar-refractivity contribution is 0.0943. The Bertz CT molecular complexity index is 780. The molecule has 0 fully saturated rings. The number of aryl methyl sites for hydroxylation is 1. The molecule has 3 nitrogen and oxygen atoms in total. The van der Waals surface area contributed by atoms with Gasteiger partial charge in [0, 0.05) is 10.9 Å². The second-order valence-electron chi connectivity index (χ2n) is 5.00. The predicted octanol–water partition coefficient (Wildman–Crippen LogP) is 4.10. The monoisotopic (exact) mass is 296 g/mol. The summed E-state index contributed by atoms with van der Waals surface area (Å²) >= 11 is 1.54. The zero-order valence-corrected chi connectivity index (χ0v) is 12.8. The Balaban J connectivity index is 1.86. The van der Waals surface area contributed by atoms with Gasteiger partial charge in [-0.15, -0.1) is 11.3 Å². The standard InChI is InChI=1S/C17H16N2OS/c1-11-13-7-3-4-9-15(13)21-16(11)17(20)19-12(2)14-8-5-6-10-18-14/h3-10,12H,1-2H3,(H,19,20)/t12-/m0/s1. The minimum atomic E-state index is -0.108. The molecule has 3 aromatic rings. The molecular weight excluding hydrogens is 280 g/mol. The van der Waals surface area contributed by atoms with Crippen LogP contribution in [0.1, 0.15) is 33.9 Å². The van der Waals surface area contributed by atoms with Gasteiger partial charge in [-0.1, -0.05) is 24.3 Å². The van der Waals surface area contributed by atoms with Gasteiger partial charge >= 0.3 is 0 Å². The number of thiophene rings is 1. The molecule has 0 aliphatic heterocycles. The van der Waals surface area contributed by atoms with Gasteiger partial charge in [0.25, 0.3) is 5.91 Å². The zero-order valence-electron chi connectivity index (χ0n) is 12.0. The average Bonchev–Trinajstić information content (AvgIpc) is 2.86.